The SMILES string of the molecule is Cc1cccc(C=CC(=O)NCCOc2ccccc2)c1. The molecule has 0 aliphatic rings. The molecule has 0 spiro atoms. The number of hydrogen-bond acceptors (Lipinski definition) is 2. The predicted octanol–water partition coefficient (Wildman–Crippen LogP) is 3.20. The summed E-state index contributed by atoms with van der Waals surface area (Å²) < 4.78 is 5.50. The molecule has 0 unspecified atom stereocenters. The van der Waals surface area contributed by atoms with Crippen LogP contribution in [0.15, 0.2) is 60.7 Å². The zero-order valence-corrected chi connectivity index (χ0v) is 12.1. The summed E-state index contributed by atoms with van der Waals surface area (Å²) in [6.07, 6.45) is 3.34. The predicted molar refractivity (Wildman–Crippen MR) is 85.2 cm³/mol. The summed E-state index contributed by atoms with van der Waals surface area (Å²) in [6, 6.07) is 17.5. The average molecular weight is 281 g/mol. The van der Waals surface area contributed by atoms with Gasteiger partial charge in [0, 0.05) is 6.08 Å². The van der Waals surface area contributed by atoms with Crippen LogP contribution in [0.1, 0.15) is 11.1 Å². The fourth-order valence-corrected chi connectivity index (χ4v) is 1.86. The zero-order valence-electron chi connectivity index (χ0n) is 12.1. The van der Waals surface area contributed by atoms with Crippen LogP contribution in [0.5, 0.6) is 5.75 Å². The third-order valence-corrected chi connectivity index (χ3v) is 2.88. The highest BCUT2D eigenvalue weighted by atomic mass is 16.5. The second-order valence-corrected chi connectivity index (χ2v) is 4.70. The van der Waals surface area contributed by atoms with Crippen molar-refractivity contribution in [3.8, 4) is 5.75 Å². The van der Waals surface area contributed by atoms with E-state index < -0.39 is 0 Å². The standard InChI is InChI=1S/C18H19NO2/c1-15-6-5-7-16(14-15)10-11-18(20)19-12-13-21-17-8-3-2-4-9-17/h2-11,14H,12-13H2,1H3,(H,19,20). The van der Waals surface area contributed by atoms with Crippen molar-refractivity contribution in [3.63, 3.8) is 0 Å². The minimum Gasteiger partial charge on any atom is -0.492 e. The molecule has 21 heavy (non-hydrogen) atoms. The average Bonchev–Trinajstić information content (AvgIpc) is 2.51. The van der Waals surface area contributed by atoms with Crippen LogP contribution in [0.3, 0.4) is 0 Å². The van der Waals surface area contributed by atoms with E-state index in [9.17, 15) is 4.79 Å². The summed E-state index contributed by atoms with van der Waals surface area (Å²) in [7, 11) is 0. The molecule has 0 aromatic heterocycles. The molecule has 108 valence electrons. The van der Waals surface area contributed by atoms with Gasteiger partial charge in [0.15, 0.2) is 0 Å². The molecule has 0 aliphatic carbocycles. The molecule has 0 heterocycles. The van der Waals surface area contributed by atoms with E-state index in [2.05, 4.69) is 5.32 Å². The highest BCUT2D eigenvalue weighted by Crippen LogP contribution is 2.07. The molecular formula is C18H19NO2. The number of carbonyl (C=O) groups excluding carboxylic acids is 1. The second kappa shape index (κ2) is 7.90. The lowest BCUT2D eigenvalue weighted by molar-refractivity contribution is -0.116. The fraction of sp³-hybridized carbons (Fsp3) is 0.167. The Morgan fingerprint density at radius 3 is 2.71 bits per heavy atom. The molecule has 3 nitrogen and oxygen atoms in total. The molecule has 1 N–H and O–H groups in total. The monoisotopic (exact) mass is 281 g/mol. The van der Waals surface area contributed by atoms with Crippen LogP contribution in [0.4, 0.5) is 0 Å². The number of carbonyl (C=O) groups is 1. The van der Waals surface area contributed by atoms with Gasteiger partial charge in [-0.15, -0.1) is 0 Å². The Morgan fingerprint density at radius 1 is 1.14 bits per heavy atom. The van der Waals surface area contributed by atoms with Crippen molar-refractivity contribution in [2.75, 3.05) is 13.2 Å². The fourth-order valence-electron chi connectivity index (χ4n) is 1.86. The maximum Gasteiger partial charge on any atom is 0.244 e. The number of rotatable bonds is 6. The van der Waals surface area contributed by atoms with Crippen molar-refractivity contribution in [1.82, 2.24) is 5.32 Å². The maximum atomic E-state index is 11.7. The third kappa shape index (κ3) is 5.53. The Morgan fingerprint density at radius 2 is 1.95 bits per heavy atom. The van der Waals surface area contributed by atoms with Crippen molar-refractivity contribution in [2.45, 2.75) is 6.92 Å². The van der Waals surface area contributed by atoms with E-state index >= 15 is 0 Å². The molecular weight excluding hydrogens is 262 g/mol. The summed E-state index contributed by atoms with van der Waals surface area (Å²) >= 11 is 0. The van der Waals surface area contributed by atoms with Crippen LogP contribution < -0.4 is 10.1 Å². The van der Waals surface area contributed by atoms with Crippen LogP contribution in [0, 0.1) is 6.92 Å². The van der Waals surface area contributed by atoms with Gasteiger partial charge in [-0.05, 0) is 30.7 Å². The number of hydrogen-bond donors (Lipinski definition) is 1. The molecule has 0 saturated carbocycles. The Balaban J connectivity index is 1.70. The lowest BCUT2D eigenvalue weighted by Crippen LogP contribution is -2.26. The molecule has 0 atom stereocenters. The van der Waals surface area contributed by atoms with Crippen LogP contribution in [0.2, 0.25) is 0 Å². The molecule has 0 fully saturated rings. The van der Waals surface area contributed by atoms with Gasteiger partial charge in [-0.1, -0.05) is 48.0 Å². The van der Waals surface area contributed by atoms with Gasteiger partial charge < -0.3 is 10.1 Å². The zero-order chi connectivity index (χ0) is 14.9. The van der Waals surface area contributed by atoms with E-state index in [1.165, 1.54) is 11.6 Å². The van der Waals surface area contributed by atoms with Gasteiger partial charge in [0.05, 0.1) is 6.54 Å². The van der Waals surface area contributed by atoms with E-state index in [1.54, 1.807) is 6.08 Å². The highest BCUT2D eigenvalue weighted by Gasteiger charge is 1.96. The highest BCUT2D eigenvalue weighted by molar-refractivity contribution is 5.91. The van der Waals surface area contributed by atoms with E-state index in [0.29, 0.717) is 13.2 Å². The van der Waals surface area contributed by atoms with Gasteiger partial charge in [0.2, 0.25) is 5.91 Å². The number of ether oxygens (including phenoxy) is 1. The number of amides is 1. The molecule has 0 radical (unpaired) electrons. The summed E-state index contributed by atoms with van der Waals surface area (Å²) in [5.41, 5.74) is 2.19. The summed E-state index contributed by atoms with van der Waals surface area (Å²) in [6.45, 7) is 2.96. The quantitative estimate of drug-likeness (QED) is 0.652. The number of benzene rings is 2. The van der Waals surface area contributed by atoms with Crippen LogP contribution >= 0.6 is 0 Å². The van der Waals surface area contributed by atoms with Gasteiger partial charge >= 0.3 is 0 Å². The molecule has 0 bridgehead atoms. The van der Waals surface area contributed by atoms with Crippen LogP contribution in [0.25, 0.3) is 6.08 Å². The molecule has 2 rings (SSSR count). The van der Waals surface area contributed by atoms with Crippen LogP contribution in [-0.2, 0) is 4.79 Å². The van der Waals surface area contributed by atoms with Gasteiger partial charge in [-0.3, -0.25) is 4.79 Å². The third-order valence-electron chi connectivity index (χ3n) is 2.88. The molecule has 3 heteroatoms. The van der Waals surface area contributed by atoms with Crippen LogP contribution in [-0.4, -0.2) is 19.1 Å². The Bertz CT molecular complexity index is 606. The van der Waals surface area contributed by atoms with Crippen molar-refractivity contribution >= 4 is 12.0 Å². The molecule has 0 saturated heterocycles. The molecule has 1 amide bonds. The van der Waals surface area contributed by atoms with Crippen molar-refractivity contribution < 1.29 is 9.53 Å². The Kier molecular flexibility index (Phi) is 5.59. The maximum absolute atomic E-state index is 11.7. The molecule has 0 aliphatic heterocycles. The summed E-state index contributed by atoms with van der Waals surface area (Å²) in [5.74, 6) is 0.690. The van der Waals surface area contributed by atoms with Crippen molar-refractivity contribution in [2.24, 2.45) is 0 Å². The first kappa shape index (κ1) is 14.9. The first-order chi connectivity index (χ1) is 10.2. The Hall–Kier alpha value is -2.55. The minimum atomic E-state index is -0.117. The lowest BCUT2D eigenvalue weighted by atomic mass is 10.1. The lowest BCUT2D eigenvalue weighted by Gasteiger charge is -2.06. The number of nitrogens with one attached hydrogen (secondary N) is 1. The van der Waals surface area contributed by atoms with E-state index in [-0.39, 0.29) is 5.91 Å². The first-order valence-corrected chi connectivity index (χ1v) is 6.94. The van der Waals surface area contributed by atoms with Gasteiger partial charge in [-0.2, -0.15) is 0 Å². The van der Waals surface area contributed by atoms with Gasteiger partial charge in [0.25, 0.3) is 0 Å². The topological polar surface area (TPSA) is 38.3 Å². The minimum absolute atomic E-state index is 0.117. The first-order valence-electron chi connectivity index (χ1n) is 6.94. The normalized spacial score (nSPS) is 10.5. The van der Waals surface area contributed by atoms with Gasteiger partial charge in [-0.25, -0.2) is 0 Å². The summed E-state index contributed by atoms with van der Waals surface area (Å²) in [5, 5.41) is 2.79. The second-order valence-electron chi connectivity index (χ2n) is 4.70. The number of aryl methyl sites for hydroxylation is 1. The van der Waals surface area contributed by atoms with Crippen molar-refractivity contribution in [1.29, 1.82) is 0 Å². The summed E-state index contributed by atoms with van der Waals surface area (Å²) in [4.78, 5) is 11.7. The molecule has 2 aromatic rings. The van der Waals surface area contributed by atoms with E-state index in [0.717, 1.165) is 11.3 Å². The Labute approximate surface area is 125 Å². The van der Waals surface area contributed by atoms with Gasteiger partial charge in [0.1, 0.15) is 12.4 Å². The van der Waals surface area contributed by atoms with E-state index in [1.807, 2.05) is 61.5 Å². The largest absolute Gasteiger partial charge is 0.492 e. The number of para-hydroxylation sites is 1. The van der Waals surface area contributed by atoms with Crippen molar-refractivity contribution in [3.05, 3.63) is 71.8 Å². The molecule has 2 aromatic carbocycles. The van der Waals surface area contributed by atoms with E-state index in [4.69, 9.17) is 4.74 Å². The smallest absolute Gasteiger partial charge is 0.244 e.